The molecule has 0 spiro atoms. The van der Waals surface area contributed by atoms with Gasteiger partial charge < -0.3 is 0 Å². The number of halogens is 3. The molecule has 0 radical (unpaired) electrons. The van der Waals surface area contributed by atoms with Crippen LogP contribution in [0, 0.1) is 19.7 Å². The van der Waals surface area contributed by atoms with Crippen LogP contribution in [0.2, 0.25) is 0 Å². The molecule has 2 aromatic rings. The minimum Gasteiger partial charge on any atom is -0.206 e. The van der Waals surface area contributed by atoms with Crippen molar-refractivity contribution < 1.29 is 4.39 Å². The van der Waals surface area contributed by atoms with Gasteiger partial charge >= 0.3 is 0 Å². The highest BCUT2D eigenvalue weighted by atomic mass is 79.9. The summed E-state index contributed by atoms with van der Waals surface area (Å²) in [5.41, 5.74) is 3.61. The summed E-state index contributed by atoms with van der Waals surface area (Å²) in [6, 6.07) is 11.9. The second-order valence-corrected chi connectivity index (χ2v) is 6.21. The molecule has 0 aliphatic heterocycles. The average molecular weight is 372 g/mol. The van der Waals surface area contributed by atoms with E-state index < -0.39 is 0 Å². The second-order valence-electron chi connectivity index (χ2n) is 4.38. The normalized spacial score (nSPS) is 12.5. The molecular weight excluding hydrogens is 359 g/mol. The van der Waals surface area contributed by atoms with Gasteiger partial charge in [0.15, 0.2) is 0 Å². The molecule has 0 aliphatic carbocycles. The molecule has 0 amide bonds. The van der Waals surface area contributed by atoms with Crippen molar-refractivity contribution in [2.45, 2.75) is 18.7 Å². The standard InChI is InChI=1S/C15H13Br2F/c1-9-7-12(8-10(2)15(9)18)14(17)11-3-5-13(16)6-4-11/h3-8,14H,1-2H3. The van der Waals surface area contributed by atoms with E-state index in [1.807, 2.05) is 24.3 Å². The fraction of sp³-hybridized carbons (Fsp3) is 0.200. The van der Waals surface area contributed by atoms with Crippen LogP contribution in [0.3, 0.4) is 0 Å². The Hall–Kier alpha value is -0.670. The molecule has 0 heterocycles. The lowest BCUT2D eigenvalue weighted by Crippen LogP contribution is -1.97. The van der Waals surface area contributed by atoms with Gasteiger partial charge in [0.25, 0.3) is 0 Å². The Labute approximate surface area is 123 Å². The Morgan fingerprint density at radius 1 is 0.944 bits per heavy atom. The zero-order valence-electron chi connectivity index (χ0n) is 10.2. The largest absolute Gasteiger partial charge is 0.206 e. The molecule has 0 saturated carbocycles. The van der Waals surface area contributed by atoms with E-state index >= 15 is 0 Å². The van der Waals surface area contributed by atoms with Crippen LogP contribution in [0.4, 0.5) is 4.39 Å². The van der Waals surface area contributed by atoms with Gasteiger partial charge in [-0.3, -0.25) is 0 Å². The van der Waals surface area contributed by atoms with Crippen LogP contribution in [0.5, 0.6) is 0 Å². The molecule has 0 aromatic heterocycles. The molecule has 3 heteroatoms. The third-order valence-corrected chi connectivity index (χ3v) is 4.50. The zero-order chi connectivity index (χ0) is 13.3. The first-order valence-corrected chi connectivity index (χ1v) is 7.36. The van der Waals surface area contributed by atoms with Gasteiger partial charge in [0.1, 0.15) is 5.82 Å². The third kappa shape index (κ3) is 2.83. The van der Waals surface area contributed by atoms with Gasteiger partial charge in [-0.2, -0.15) is 0 Å². The van der Waals surface area contributed by atoms with E-state index in [1.54, 1.807) is 13.8 Å². The van der Waals surface area contributed by atoms with Crippen LogP contribution in [0.15, 0.2) is 40.9 Å². The number of benzene rings is 2. The second kappa shape index (κ2) is 5.54. The average Bonchev–Trinajstić information content (AvgIpc) is 2.35. The maximum absolute atomic E-state index is 13.6. The van der Waals surface area contributed by atoms with Gasteiger partial charge in [0.2, 0.25) is 0 Å². The summed E-state index contributed by atoms with van der Waals surface area (Å²) in [7, 11) is 0. The number of aryl methyl sites for hydroxylation is 2. The first-order valence-electron chi connectivity index (χ1n) is 5.65. The summed E-state index contributed by atoms with van der Waals surface area (Å²) < 4.78 is 14.7. The minimum atomic E-state index is -0.116. The predicted octanol–water partition coefficient (Wildman–Crippen LogP) is 5.69. The molecule has 18 heavy (non-hydrogen) atoms. The van der Waals surface area contributed by atoms with Crippen LogP contribution in [-0.4, -0.2) is 0 Å². The van der Waals surface area contributed by atoms with Crippen molar-refractivity contribution >= 4 is 31.9 Å². The molecule has 0 bridgehead atoms. The van der Waals surface area contributed by atoms with Crippen molar-refractivity contribution in [3.05, 3.63) is 68.9 Å². The van der Waals surface area contributed by atoms with Gasteiger partial charge in [-0.15, -0.1) is 0 Å². The molecule has 2 aromatic carbocycles. The Kier molecular flexibility index (Phi) is 4.23. The first kappa shape index (κ1) is 13.8. The summed E-state index contributed by atoms with van der Waals surface area (Å²) in [5, 5.41) is 0. The lowest BCUT2D eigenvalue weighted by Gasteiger charge is -2.13. The fourth-order valence-electron chi connectivity index (χ4n) is 1.95. The highest BCUT2D eigenvalue weighted by molar-refractivity contribution is 9.10. The van der Waals surface area contributed by atoms with E-state index in [9.17, 15) is 4.39 Å². The van der Waals surface area contributed by atoms with Gasteiger partial charge in [0.05, 0.1) is 4.83 Å². The minimum absolute atomic E-state index is 0.0867. The monoisotopic (exact) mass is 370 g/mol. The first-order chi connectivity index (χ1) is 8.49. The van der Waals surface area contributed by atoms with Crippen LogP contribution in [0.25, 0.3) is 0 Å². The van der Waals surface area contributed by atoms with Crippen molar-refractivity contribution in [2.24, 2.45) is 0 Å². The molecule has 94 valence electrons. The zero-order valence-corrected chi connectivity index (χ0v) is 13.3. The lowest BCUT2D eigenvalue weighted by atomic mass is 10.00. The highest BCUT2D eigenvalue weighted by Gasteiger charge is 2.13. The molecule has 0 aliphatic rings. The summed E-state index contributed by atoms with van der Waals surface area (Å²) in [6.07, 6.45) is 0. The number of hydrogen-bond donors (Lipinski definition) is 0. The van der Waals surface area contributed by atoms with E-state index in [0.29, 0.717) is 11.1 Å². The van der Waals surface area contributed by atoms with E-state index in [0.717, 1.165) is 15.6 Å². The highest BCUT2D eigenvalue weighted by Crippen LogP contribution is 2.33. The molecule has 2 rings (SSSR count). The van der Waals surface area contributed by atoms with Crippen molar-refractivity contribution in [3.8, 4) is 0 Å². The summed E-state index contributed by atoms with van der Waals surface area (Å²) >= 11 is 7.09. The summed E-state index contributed by atoms with van der Waals surface area (Å²) in [6.45, 7) is 3.60. The maximum atomic E-state index is 13.6. The van der Waals surface area contributed by atoms with Crippen molar-refractivity contribution in [1.29, 1.82) is 0 Å². The molecule has 0 N–H and O–H groups in total. The van der Waals surface area contributed by atoms with E-state index in [-0.39, 0.29) is 10.6 Å². The number of alkyl halides is 1. The van der Waals surface area contributed by atoms with Crippen molar-refractivity contribution in [3.63, 3.8) is 0 Å². The third-order valence-electron chi connectivity index (χ3n) is 2.91. The smallest absolute Gasteiger partial charge is 0.129 e. The van der Waals surface area contributed by atoms with Gasteiger partial charge in [0, 0.05) is 4.47 Å². The maximum Gasteiger partial charge on any atom is 0.129 e. The molecule has 1 atom stereocenters. The van der Waals surface area contributed by atoms with Gasteiger partial charge in [-0.05, 0) is 48.2 Å². The van der Waals surface area contributed by atoms with Crippen molar-refractivity contribution in [1.82, 2.24) is 0 Å². The van der Waals surface area contributed by atoms with Crippen LogP contribution in [0.1, 0.15) is 27.1 Å². The molecule has 1 unspecified atom stereocenters. The SMILES string of the molecule is Cc1cc(C(Br)c2ccc(Br)cc2)cc(C)c1F. The number of hydrogen-bond acceptors (Lipinski definition) is 0. The van der Waals surface area contributed by atoms with Crippen LogP contribution < -0.4 is 0 Å². The summed E-state index contributed by atoms with van der Waals surface area (Å²) in [5.74, 6) is -0.116. The molecule has 0 saturated heterocycles. The summed E-state index contributed by atoms with van der Waals surface area (Å²) in [4.78, 5) is 0.0867. The van der Waals surface area contributed by atoms with Gasteiger partial charge in [-0.25, -0.2) is 4.39 Å². The molecular formula is C15H13Br2F. The topological polar surface area (TPSA) is 0 Å². The Morgan fingerprint density at radius 2 is 1.44 bits per heavy atom. The number of rotatable bonds is 2. The molecule has 0 nitrogen and oxygen atoms in total. The van der Waals surface area contributed by atoms with Crippen LogP contribution in [-0.2, 0) is 0 Å². The van der Waals surface area contributed by atoms with Gasteiger partial charge in [-0.1, -0.05) is 56.1 Å². The lowest BCUT2D eigenvalue weighted by molar-refractivity contribution is 0.608. The Balaban J connectivity index is 2.39. The quantitative estimate of drug-likeness (QED) is 0.595. The van der Waals surface area contributed by atoms with Crippen molar-refractivity contribution in [2.75, 3.05) is 0 Å². The molecule has 0 fully saturated rings. The van der Waals surface area contributed by atoms with E-state index in [2.05, 4.69) is 44.0 Å². The predicted molar refractivity (Wildman–Crippen MR) is 80.8 cm³/mol. The Bertz CT molecular complexity index is 538. The van der Waals surface area contributed by atoms with E-state index in [1.165, 1.54) is 0 Å². The fourth-order valence-corrected chi connectivity index (χ4v) is 2.78. The van der Waals surface area contributed by atoms with Crippen LogP contribution >= 0.6 is 31.9 Å². The Morgan fingerprint density at radius 3 is 1.94 bits per heavy atom. The van der Waals surface area contributed by atoms with E-state index in [4.69, 9.17) is 0 Å².